The van der Waals surface area contributed by atoms with E-state index >= 15 is 0 Å². The van der Waals surface area contributed by atoms with Crippen LogP contribution in [0.4, 0.5) is 0 Å². The molecular weight excluding hydrogens is 376 g/mol. The zero-order valence-electron chi connectivity index (χ0n) is 17.4. The second-order valence-electron chi connectivity index (χ2n) is 8.81. The molecule has 30 heavy (non-hydrogen) atoms. The summed E-state index contributed by atoms with van der Waals surface area (Å²) in [6.45, 7) is 6.57. The third kappa shape index (κ3) is 4.35. The highest BCUT2D eigenvalue weighted by Gasteiger charge is 2.41. The van der Waals surface area contributed by atoms with Crippen LogP contribution in [0.5, 0.6) is 0 Å². The highest BCUT2D eigenvalue weighted by Crippen LogP contribution is 2.38. The molecule has 3 aliphatic rings. The van der Waals surface area contributed by atoms with Gasteiger partial charge in [-0.2, -0.15) is 0 Å². The molecule has 6 nitrogen and oxygen atoms in total. The number of hydrogen-bond donors (Lipinski definition) is 0. The lowest BCUT2D eigenvalue weighted by Gasteiger charge is -2.33. The van der Waals surface area contributed by atoms with Crippen molar-refractivity contribution in [2.75, 3.05) is 39.3 Å². The van der Waals surface area contributed by atoms with Gasteiger partial charge in [-0.1, -0.05) is 42.5 Å². The third-order valence-electron chi connectivity index (χ3n) is 6.74. The largest absolute Gasteiger partial charge is 0.447 e. The zero-order chi connectivity index (χ0) is 20.3. The maximum absolute atomic E-state index is 12.8. The fourth-order valence-electron chi connectivity index (χ4n) is 5.03. The Labute approximate surface area is 178 Å². The highest BCUT2D eigenvalue weighted by atomic mass is 16.3. The van der Waals surface area contributed by atoms with Gasteiger partial charge in [0.2, 0.25) is 5.89 Å². The van der Waals surface area contributed by atoms with Crippen molar-refractivity contribution in [2.45, 2.75) is 31.8 Å². The minimum atomic E-state index is 0.0484. The number of aromatic nitrogens is 1. The molecule has 3 heterocycles. The highest BCUT2D eigenvalue weighted by molar-refractivity contribution is 5.92. The number of carbonyl (C=O) groups excluding carboxylic acids is 1. The molecule has 0 radical (unpaired) electrons. The molecule has 0 spiro atoms. The molecule has 2 aliphatic heterocycles. The molecule has 2 bridgehead atoms. The standard InChI is InChI=1S/C24H30N4O2/c29-24(28-16-20-8-9-21(28)15-20)22-18-30-23(25-22)17-27-13-11-26(12-14-27)10-4-7-19-5-2-1-3-6-19/h1-7,18,20-21H,8-17H2/b7-4+/t20-,21+/m0/s1. The van der Waals surface area contributed by atoms with Crippen LogP contribution in [0.2, 0.25) is 0 Å². The lowest BCUT2D eigenvalue weighted by Crippen LogP contribution is -2.45. The van der Waals surface area contributed by atoms with E-state index in [0.29, 0.717) is 30.1 Å². The SMILES string of the molecule is O=C(c1coc(CN2CCN(C/C=C/c3ccccc3)CC2)n1)N1C[C@H]2CC[C@@H]1C2. The molecule has 6 heteroatoms. The van der Waals surface area contributed by atoms with E-state index in [4.69, 9.17) is 4.42 Å². The number of oxazole rings is 1. The average molecular weight is 407 g/mol. The third-order valence-corrected chi connectivity index (χ3v) is 6.74. The maximum Gasteiger partial charge on any atom is 0.276 e. The fraction of sp³-hybridized carbons (Fsp3) is 0.500. The Kier molecular flexibility index (Phi) is 5.69. The number of likely N-dealkylation sites (tertiary alicyclic amines) is 1. The molecule has 1 saturated carbocycles. The van der Waals surface area contributed by atoms with Crippen molar-refractivity contribution in [3.8, 4) is 0 Å². The zero-order valence-corrected chi connectivity index (χ0v) is 17.4. The summed E-state index contributed by atoms with van der Waals surface area (Å²) in [6, 6.07) is 10.8. The van der Waals surface area contributed by atoms with Crippen LogP contribution in [0.15, 0.2) is 47.1 Å². The Hall–Kier alpha value is -2.44. The van der Waals surface area contributed by atoms with Gasteiger partial charge in [-0.25, -0.2) is 4.98 Å². The van der Waals surface area contributed by atoms with Crippen LogP contribution in [0.25, 0.3) is 6.08 Å². The van der Waals surface area contributed by atoms with Crippen LogP contribution in [-0.4, -0.2) is 70.9 Å². The van der Waals surface area contributed by atoms with E-state index in [1.807, 2.05) is 11.0 Å². The molecule has 1 aromatic carbocycles. The molecule has 1 aliphatic carbocycles. The summed E-state index contributed by atoms with van der Waals surface area (Å²) in [4.78, 5) is 24.1. The minimum Gasteiger partial charge on any atom is -0.447 e. The second-order valence-corrected chi connectivity index (χ2v) is 8.81. The minimum absolute atomic E-state index is 0.0484. The number of carbonyl (C=O) groups is 1. The van der Waals surface area contributed by atoms with Gasteiger partial charge in [-0.3, -0.25) is 14.6 Å². The molecular formula is C24H30N4O2. The molecule has 0 N–H and O–H groups in total. The fourth-order valence-corrected chi connectivity index (χ4v) is 5.03. The van der Waals surface area contributed by atoms with Gasteiger partial charge in [0, 0.05) is 45.3 Å². The van der Waals surface area contributed by atoms with Gasteiger partial charge >= 0.3 is 0 Å². The van der Waals surface area contributed by atoms with Crippen molar-refractivity contribution in [1.82, 2.24) is 19.7 Å². The summed E-state index contributed by atoms with van der Waals surface area (Å²) < 4.78 is 5.64. The Balaban J connectivity index is 1.08. The predicted molar refractivity (Wildman–Crippen MR) is 116 cm³/mol. The number of rotatable bonds is 6. The van der Waals surface area contributed by atoms with Crippen molar-refractivity contribution in [3.63, 3.8) is 0 Å². The van der Waals surface area contributed by atoms with Crippen LogP contribution in [-0.2, 0) is 6.54 Å². The molecule has 2 saturated heterocycles. The first-order chi connectivity index (χ1) is 14.7. The van der Waals surface area contributed by atoms with Gasteiger partial charge in [0.25, 0.3) is 5.91 Å². The smallest absolute Gasteiger partial charge is 0.276 e. The van der Waals surface area contributed by atoms with E-state index in [1.54, 1.807) is 6.26 Å². The number of fused-ring (bicyclic) bond motifs is 2. The normalized spacial score (nSPS) is 24.9. The van der Waals surface area contributed by atoms with Gasteiger partial charge in [0.15, 0.2) is 5.69 Å². The Morgan fingerprint density at radius 1 is 1.10 bits per heavy atom. The van der Waals surface area contributed by atoms with Crippen molar-refractivity contribution < 1.29 is 9.21 Å². The quantitative estimate of drug-likeness (QED) is 0.738. The molecule has 3 fully saturated rings. The van der Waals surface area contributed by atoms with Crippen molar-refractivity contribution in [3.05, 3.63) is 59.8 Å². The average Bonchev–Trinajstić information content (AvgIpc) is 3.53. The van der Waals surface area contributed by atoms with Crippen LogP contribution in [0.3, 0.4) is 0 Å². The first-order valence-electron chi connectivity index (χ1n) is 11.2. The lowest BCUT2D eigenvalue weighted by molar-refractivity contribution is 0.0697. The van der Waals surface area contributed by atoms with Crippen molar-refractivity contribution in [2.24, 2.45) is 5.92 Å². The Morgan fingerprint density at radius 3 is 2.63 bits per heavy atom. The summed E-state index contributed by atoms with van der Waals surface area (Å²) >= 11 is 0. The number of benzene rings is 1. The summed E-state index contributed by atoms with van der Waals surface area (Å²) in [5, 5.41) is 0. The van der Waals surface area contributed by atoms with Gasteiger partial charge in [-0.15, -0.1) is 0 Å². The van der Waals surface area contributed by atoms with Crippen LogP contribution in [0.1, 0.15) is 41.2 Å². The molecule has 0 unspecified atom stereocenters. The first kappa shape index (κ1) is 19.5. The van der Waals surface area contributed by atoms with E-state index < -0.39 is 0 Å². The van der Waals surface area contributed by atoms with Crippen LogP contribution < -0.4 is 0 Å². The van der Waals surface area contributed by atoms with E-state index in [2.05, 4.69) is 51.2 Å². The van der Waals surface area contributed by atoms with Crippen molar-refractivity contribution in [1.29, 1.82) is 0 Å². The topological polar surface area (TPSA) is 52.8 Å². The van der Waals surface area contributed by atoms with E-state index in [1.165, 1.54) is 18.4 Å². The van der Waals surface area contributed by atoms with E-state index in [-0.39, 0.29) is 5.91 Å². The molecule has 1 aromatic heterocycles. The molecule has 158 valence electrons. The summed E-state index contributed by atoms with van der Waals surface area (Å²) in [5.41, 5.74) is 1.72. The number of piperidine rings is 1. The van der Waals surface area contributed by atoms with Gasteiger partial charge in [-0.05, 0) is 30.7 Å². The van der Waals surface area contributed by atoms with E-state index in [9.17, 15) is 4.79 Å². The van der Waals surface area contributed by atoms with E-state index in [0.717, 1.165) is 45.7 Å². The number of nitrogens with zero attached hydrogens (tertiary/aromatic N) is 4. The van der Waals surface area contributed by atoms with Crippen LogP contribution in [0, 0.1) is 5.92 Å². The molecule has 1 amide bonds. The Bertz CT molecular complexity index is 886. The number of hydrogen-bond acceptors (Lipinski definition) is 5. The first-order valence-corrected chi connectivity index (χ1v) is 11.2. The van der Waals surface area contributed by atoms with Gasteiger partial charge < -0.3 is 9.32 Å². The molecule has 2 aromatic rings. The summed E-state index contributed by atoms with van der Waals surface area (Å²) in [5.74, 6) is 1.40. The Morgan fingerprint density at radius 2 is 1.90 bits per heavy atom. The predicted octanol–water partition coefficient (Wildman–Crippen LogP) is 3.13. The maximum atomic E-state index is 12.8. The summed E-state index contributed by atoms with van der Waals surface area (Å²) in [7, 11) is 0. The summed E-state index contributed by atoms with van der Waals surface area (Å²) in [6.07, 6.45) is 9.56. The number of amides is 1. The monoisotopic (exact) mass is 406 g/mol. The lowest BCUT2D eigenvalue weighted by atomic mass is 10.1. The van der Waals surface area contributed by atoms with Gasteiger partial charge in [0.1, 0.15) is 6.26 Å². The van der Waals surface area contributed by atoms with Crippen LogP contribution >= 0.6 is 0 Å². The molecule has 2 atom stereocenters. The van der Waals surface area contributed by atoms with Gasteiger partial charge in [0.05, 0.1) is 6.54 Å². The molecule has 5 rings (SSSR count). The second kappa shape index (κ2) is 8.74. The van der Waals surface area contributed by atoms with Crippen molar-refractivity contribution >= 4 is 12.0 Å². The number of piperazine rings is 1.